The molecule has 0 spiro atoms. The predicted molar refractivity (Wildman–Crippen MR) is 138 cm³/mol. The molecule has 2 atom stereocenters. The quantitative estimate of drug-likeness (QED) is 0.488. The summed E-state index contributed by atoms with van der Waals surface area (Å²) in [6.45, 7) is 10.6. The third-order valence-corrected chi connectivity index (χ3v) is 5.46. The first kappa shape index (κ1) is 28.4. The van der Waals surface area contributed by atoms with Gasteiger partial charge in [-0.05, 0) is 64.3 Å². The van der Waals surface area contributed by atoms with Gasteiger partial charge in [0.15, 0.2) is 0 Å². The van der Waals surface area contributed by atoms with Gasteiger partial charge in [-0.15, -0.1) is 0 Å². The maximum Gasteiger partial charge on any atom is 0.408 e. The molecule has 2 unspecified atom stereocenters. The van der Waals surface area contributed by atoms with Crippen LogP contribution in [0, 0.1) is 13.8 Å². The number of aryl methyl sites for hydroxylation is 2. The first-order chi connectivity index (χ1) is 16.8. The third-order valence-electron chi connectivity index (χ3n) is 5.46. The number of para-hydroxylation sites is 1. The van der Waals surface area contributed by atoms with E-state index in [1.54, 1.807) is 45.9 Å². The van der Waals surface area contributed by atoms with Crippen molar-refractivity contribution in [3.05, 3.63) is 65.2 Å². The van der Waals surface area contributed by atoms with E-state index in [1.807, 2.05) is 44.2 Å². The van der Waals surface area contributed by atoms with Gasteiger partial charge >= 0.3 is 6.09 Å². The second kappa shape index (κ2) is 12.2. The molecule has 2 rings (SSSR count). The summed E-state index contributed by atoms with van der Waals surface area (Å²) in [5.74, 6) is -1.84. The maximum atomic E-state index is 13.7. The van der Waals surface area contributed by atoms with Crippen LogP contribution < -0.4 is 16.4 Å². The highest BCUT2D eigenvalue weighted by atomic mass is 16.6. The molecule has 0 aromatic heterocycles. The minimum Gasteiger partial charge on any atom is -0.444 e. The molecule has 0 aliphatic rings. The number of hydrogen-bond acceptors (Lipinski definition) is 5. The van der Waals surface area contributed by atoms with Gasteiger partial charge in [-0.3, -0.25) is 14.4 Å². The Morgan fingerprint density at radius 3 is 2.08 bits per heavy atom. The van der Waals surface area contributed by atoms with Crippen LogP contribution in [0.5, 0.6) is 0 Å². The van der Waals surface area contributed by atoms with Crippen molar-refractivity contribution in [2.45, 2.75) is 65.6 Å². The molecule has 0 saturated heterocycles. The largest absolute Gasteiger partial charge is 0.444 e. The Morgan fingerprint density at radius 1 is 0.972 bits per heavy atom. The van der Waals surface area contributed by atoms with Crippen LogP contribution in [0.3, 0.4) is 0 Å². The Labute approximate surface area is 212 Å². The van der Waals surface area contributed by atoms with Crippen molar-refractivity contribution in [1.82, 2.24) is 10.2 Å². The van der Waals surface area contributed by atoms with Crippen LogP contribution in [-0.4, -0.2) is 46.9 Å². The van der Waals surface area contributed by atoms with Gasteiger partial charge in [-0.1, -0.05) is 42.5 Å². The van der Waals surface area contributed by atoms with E-state index < -0.39 is 47.9 Å². The van der Waals surface area contributed by atoms with E-state index in [9.17, 15) is 19.2 Å². The fourth-order valence-electron chi connectivity index (χ4n) is 3.78. The zero-order valence-corrected chi connectivity index (χ0v) is 21.8. The van der Waals surface area contributed by atoms with Crippen LogP contribution >= 0.6 is 0 Å². The topological polar surface area (TPSA) is 131 Å². The number of likely N-dealkylation sites (N-methyl/N-ethyl adjacent to an activating group) is 1. The van der Waals surface area contributed by atoms with Gasteiger partial charge in [-0.2, -0.15) is 0 Å². The van der Waals surface area contributed by atoms with Crippen LogP contribution in [0.15, 0.2) is 48.5 Å². The monoisotopic (exact) mass is 496 g/mol. The normalized spacial score (nSPS) is 12.7. The highest BCUT2D eigenvalue weighted by molar-refractivity contribution is 6.00. The summed E-state index contributed by atoms with van der Waals surface area (Å²) in [5, 5.41) is 5.37. The van der Waals surface area contributed by atoms with Gasteiger partial charge in [0.1, 0.15) is 17.7 Å². The number of carbonyl (C=O) groups is 4. The van der Waals surface area contributed by atoms with E-state index in [2.05, 4.69) is 10.6 Å². The second-order valence-electron chi connectivity index (χ2n) is 9.56. The molecule has 0 heterocycles. The van der Waals surface area contributed by atoms with Crippen molar-refractivity contribution in [2.24, 2.45) is 5.73 Å². The lowest BCUT2D eigenvalue weighted by molar-refractivity contribution is -0.141. The van der Waals surface area contributed by atoms with Crippen molar-refractivity contribution in [3.8, 4) is 0 Å². The Kier molecular flexibility index (Phi) is 9.60. The molecule has 9 heteroatoms. The Bertz CT molecular complexity index is 1110. The zero-order chi connectivity index (χ0) is 27.0. The molecule has 36 heavy (non-hydrogen) atoms. The lowest BCUT2D eigenvalue weighted by Gasteiger charge is -2.34. The Morgan fingerprint density at radius 2 is 1.56 bits per heavy atom. The molecule has 0 bridgehead atoms. The molecule has 9 nitrogen and oxygen atoms in total. The number of amides is 4. The molecule has 2 aromatic carbocycles. The van der Waals surface area contributed by atoms with Gasteiger partial charge in [-0.25, -0.2) is 4.79 Å². The van der Waals surface area contributed by atoms with Crippen molar-refractivity contribution >= 4 is 29.5 Å². The molecule has 4 amide bonds. The van der Waals surface area contributed by atoms with E-state index >= 15 is 0 Å². The third kappa shape index (κ3) is 7.83. The van der Waals surface area contributed by atoms with Crippen molar-refractivity contribution in [2.75, 3.05) is 11.9 Å². The molecule has 0 saturated carbocycles. The fourth-order valence-corrected chi connectivity index (χ4v) is 3.78. The number of ether oxygens (including phenoxy) is 1. The number of anilines is 1. The minimum absolute atomic E-state index is 0.129. The number of nitrogens with zero attached hydrogens (tertiary/aromatic N) is 1. The lowest BCUT2D eigenvalue weighted by atomic mass is 9.97. The summed E-state index contributed by atoms with van der Waals surface area (Å²) in [6.07, 6.45) is -1.32. The molecule has 0 aliphatic carbocycles. The first-order valence-electron chi connectivity index (χ1n) is 11.8. The van der Waals surface area contributed by atoms with Crippen LogP contribution in [0.4, 0.5) is 10.5 Å². The maximum absolute atomic E-state index is 13.7. The van der Waals surface area contributed by atoms with Gasteiger partial charge in [0.25, 0.3) is 5.91 Å². The molecule has 0 aliphatic heterocycles. The average Bonchev–Trinajstić information content (AvgIpc) is 2.77. The Hall–Kier alpha value is -3.88. The molecule has 2 aromatic rings. The molecular formula is C27H36N4O5. The smallest absolute Gasteiger partial charge is 0.408 e. The number of primary amides is 1. The van der Waals surface area contributed by atoms with Crippen molar-refractivity contribution in [3.63, 3.8) is 0 Å². The van der Waals surface area contributed by atoms with Crippen molar-refractivity contribution < 1.29 is 23.9 Å². The number of alkyl carbamates (subject to hydrolysis) is 1. The van der Waals surface area contributed by atoms with Crippen LogP contribution in [-0.2, 0) is 19.1 Å². The van der Waals surface area contributed by atoms with E-state index in [0.29, 0.717) is 11.3 Å². The van der Waals surface area contributed by atoms with E-state index in [-0.39, 0.29) is 6.54 Å². The standard InChI is InChI=1S/C27H36N4O5/c1-7-31(25(34)21(16-22(28)32)30-26(35)36-27(4,5)6)23(19-14-10-8-12-17(19)2)24(33)29-20-15-11-9-13-18(20)3/h8-15,21,23H,7,16H2,1-6H3,(H2,28,32)(H,29,33)(H,30,35). The highest BCUT2D eigenvalue weighted by Crippen LogP contribution is 2.27. The fraction of sp³-hybridized carbons (Fsp3) is 0.407. The summed E-state index contributed by atoms with van der Waals surface area (Å²) in [5.41, 5.74) is 7.47. The van der Waals surface area contributed by atoms with E-state index in [1.165, 1.54) is 4.90 Å². The van der Waals surface area contributed by atoms with E-state index in [4.69, 9.17) is 10.5 Å². The molecule has 4 N–H and O–H groups in total. The number of rotatable bonds is 9. The molecule has 0 radical (unpaired) electrons. The van der Waals surface area contributed by atoms with Gasteiger partial charge < -0.3 is 26.0 Å². The first-order valence-corrected chi connectivity index (χ1v) is 11.8. The number of benzene rings is 2. The predicted octanol–water partition coefficient (Wildman–Crippen LogP) is 3.60. The van der Waals surface area contributed by atoms with Crippen LogP contribution in [0.25, 0.3) is 0 Å². The summed E-state index contributed by atoms with van der Waals surface area (Å²) >= 11 is 0. The number of hydrogen-bond donors (Lipinski definition) is 3. The van der Waals surface area contributed by atoms with Gasteiger partial charge in [0.2, 0.25) is 11.8 Å². The Balaban J connectivity index is 2.48. The summed E-state index contributed by atoms with van der Waals surface area (Å²) < 4.78 is 5.26. The highest BCUT2D eigenvalue weighted by Gasteiger charge is 2.36. The van der Waals surface area contributed by atoms with Gasteiger partial charge in [0.05, 0.1) is 6.42 Å². The van der Waals surface area contributed by atoms with Crippen LogP contribution in [0.1, 0.15) is 56.8 Å². The number of carbonyl (C=O) groups excluding carboxylic acids is 4. The average molecular weight is 497 g/mol. The van der Waals surface area contributed by atoms with E-state index in [0.717, 1.165) is 11.1 Å². The molecule has 194 valence electrons. The zero-order valence-electron chi connectivity index (χ0n) is 21.8. The molecular weight excluding hydrogens is 460 g/mol. The number of nitrogens with two attached hydrogens (primary N) is 1. The lowest BCUT2D eigenvalue weighted by Crippen LogP contribution is -2.53. The number of nitrogens with one attached hydrogen (secondary N) is 2. The van der Waals surface area contributed by atoms with Gasteiger partial charge in [0, 0.05) is 12.2 Å². The summed E-state index contributed by atoms with van der Waals surface area (Å²) in [7, 11) is 0. The molecule has 0 fully saturated rings. The summed E-state index contributed by atoms with van der Waals surface area (Å²) in [6, 6.07) is 12.2. The van der Waals surface area contributed by atoms with Crippen molar-refractivity contribution in [1.29, 1.82) is 0 Å². The SMILES string of the molecule is CCN(C(=O)C(CC(N)=O)NC(=O)OC(C)(C)C)C(C(=O)Nc1ccccc1C)c1ccccc1C. The summed E-state index contributed by atoms with van der Waals surface area (Å²) in [4.78, 5) is 52.9. The minimum atomic E-state index is -1.31. The van der Waals surface area contributed by atoms with Crippen LogP contribution in [0.2, 0.25) is 0 Å². The second-order valence-corrected chi connectivity index (χ2v) is 9.56.